The Balaban J connectivity index is 2.22. The largest absolute Gasteiger partial charge is 0.480 e. The summed E-state index contributed by atoms with van der Waals surface area (Å²) in [5.41, 5.74) is 6.61. The first-order valence-electron chi connectivity index (χ1n) is 6.97. The third-order valence-electron chi connectivity index (χ3n) is 4.26. The van der Waals surface area contributed by atoms with Gasteiger partial charge in [-0.1, -0.05) is 12.1 Å². The molecule has 0 unspecified atom stereocenters. The molecule has 1 aliphatic rings. The number of hydrogen-bond donors (Lipinski definition) is 1. The molecular formula is C15H22BNO4. The maximum absolute atomic E-state index is 11.6. The van der Waals surface area contributed by atoms with Crippen LogP contribution in [0.5, 0.6) is 0 Å². The first kappa shape index (κ1) is 16.0. The average Bonchev–Trinajstić information content (AvgIpc) is 2.66. The van der Waals surface area contributed by atoms with Crippen molar-refractivity contribution in [3.05, 3.63) is 35.4 Å². The molecule has 1 fully saturated rings. The molecule has 1 heterocycles. The Kier molecular flexibility index (Phi) is 4.15. The number of rotatable bonds is 3. The molecule has 2 N–H and O–H groups in total. The van der Waals surface area contributed by atoms with Crippen LogP contribution in [-0.2, 0) is 14.0 Å². The van der Waals surface area contributed by atoms with Gasteiger partial charge < -0.3 is 19.8 Å². The lowest BCUT2D eigenvalue weighted by molar-refractivity contribution is 0.00578. The molecule has 1 aromatic carbocycles. The van der Waals surface area contributed by atoms with E-state index in [9.17, 15) is 4.79 Å². The predicted molar refractivity (Wildman–Crippen MR) is 80.8 cm³/mol. The van der Waals surface area contributed by atoms with Crippen LogP contribution in [0.3, 0.4) is 0 Å². The van der Waals surface area contributed by atoms with Gasteiger partial charge in [0, 0.05) is 0 Å². The van der Waals surface area contributed by atoms with Crippen LogP contribution in [0.25, 0.3) is 0 Å². The lowest BCUT2D eigenvalue weighted by Gasteiger charge is -2.32. The lowest BCUT2D eigenvalue weighted by Crippen LogP contribution is -2.41. The Hall–Kier alpha value is -1.37. The second kappa shape index (κ2) is 5.44. The Morgan fingerprint density at radius 1 is 1.24 bits per heavy atom. The van der Waals surface area contributed by atoms with Crippen molar-refractivity contribution in [3.63, 3.8) is 0 Å². The van der Waals surface area contributed by atoms with E-state index in [1.165, 1.54) is 7.11 Å². The molecule has 0 amide bonds. The average molecular weight is 291 g/mol. The second-order valence-corrected chi connectivity index (χ2v) is 6.27. The van der Waals surface area contributed by atoms with Crippen molar-refractivity contribution in [2.45, 2.75) is 44.8 Å². The van der Waals surface area contributed by atoms with Gasteiger partial charge in [-0.3, -0.25) is 0 Å². The molecule has 0 aliphatic carbocycles. The Morgan fingerprint density at radius 2 is 1.81 bits per heavy atom. The number of esters is 1. The zero-order chi connectivity index (χ0) is 15.8. The summed E-state index contributed by atoms with van der Waals surface area (Å²) < 4.78 is 16.6. The minimum absolute atomic E-state index is 0.391. The van der Waals surface area contributed by atoms with E-state index >= 15 is 0 Å². The maximum atomic E-state index is 11.6. The van der Waals surface area contributed by atoms with Crippen molar-refractivity contribution >= 4 is 13.1 Å². The van der Waals surface area contributed by atoms with Crippen LogP contribution < -0.4 is 5.73 Å². The number of hydrogen-bond acceptors (Lipinski definition) is 5. The summed E-state index contributed by atoms with van der Waals surface area (Å²) >= 11 is 0. The quantitative estimate of drug-likeness (QED) is 0.682. The SMILES string of the molecule is COC(=O)c1cccc([C@H](N)B2OC(C)(C)C(C)(C)O2)c1. The minimum atomic E-state index is -0.553. The van der Waals surface area contributed by atoms with Crippen molar-refractivity contribution < 1.29 is 18.8 Å². The van der Waals surface area contributed by atoms with Crippen LogP contribution in [-0.4, -0.2) is 31.4 Å². The summed E-state index contributed by atoms with van der Waals surface area (Å²) in [6.07, 6.45) is 0. The smallest absolute Gasteiger partial charge is 0.465 e. The van der Waals surface area contributed by atoms with Gasteiger partial charge in [0.2, 0.25) is 0 Å². The van der Waals surface area contributed by atoms with Gasteiger partial charge in [-0.05, 0) is 45.4 Å². The summed E-state index contributed by atoms with van der Waals surface area (Å²) in [7, 11) is 0.797. The van der Waals surface area contributed by atoms with Crippen molar-refractivity contribution in [2.75, 3.05) is 7.11 Å². The summed E-state index contributed by atoms with van der Waals surface area (Å²) in [6, 6.07) is 7.02. The molecule has 21 heavy (non-hydrogen) atoms. The molecule has 0 radical (unpaired) electrons. The number of benzene rings is 1. The van der Waals surface area contributed by atoms with Crippen molar-refractivity contribution in [1.29, 1.82) is 0 Å². The summed E-state index contributed by atoms with van der Waals surface area (Å²) in [5, 5.41) is 0. The molecular weight excluding hydrogens is 269 g/mol. The Morgan fingerprint density at radius 3 is 2.33 bits per heavy atom. The Labute approximate surface area is 125 Å². The first-order chi connectivity index (χ1) is 9.68. The molecule has 1 atom stereocenters. The number of nitrogens with two attached hydrogens (primary N) is 1. The molecule has 6 heteroatoms. The van der Waals surface area contributed by atoms with E-state index in [0.29, 0.717) is 5.56 Å². The highest BCUT2D eigenvalue weighted by Crippen LogP contribution is 2.39. The van der Waals surface area contributed by atoms with Gasteiger partial charge in [0.05, 0.1) is 29.8 Å². The van der Waals surface area contributed by atoms with Gasteiger partial charge in [0.25, 0.3) is 0 Å². The topological polar surface area (TPSA) is 70.8 Å². The van der Waals surface area contributed by atoms with Crippen molar-refractivity contribution in [3.8, 4) is 0 Å². The third kappa shape index (κ3) is 2.97. The van der Waals surface area contributed by atoms with Crippen LogP contribution in [0.2, 0.25) is 0 Å². The molecule has 1 saturated heterocycles. The fourth-order valence-corrected chi connectivity index (χ4v) is 2.18. The second-order valence-electron chi connectivity index (χ2n) is 6.27. The molecule has 0 saturated carbocycles. The molecule has 1 aliphatic heterocycles. The molecule has 1 aromatic rings. The fraction of sp³-hybridized carbons (Fsp3) is 0.533. The van der Waals surface area contributed by atoms with Crippen LogP contribution in [0.15, 0.2) is 24.3 Å². The number of methoxy groups -OCH3 is 1. The Bertz CT molecular complexity index is 528. The molecule has 0 aromatic heterocycles. The molecule has 5 nitrogen and oxygen atoms in total. The van der Waals surface area contributed by atoms with Crippen molar-refractivity contribution in [2.24, 2.45) is 5.73 Å². The fourth-order valence-electron chi connectivity index (χ4n) is 2.18. The predicted octanol–water partition coefficient (Wildman–Crippen LogP) is 2.10. The van der Waals surface area contributed by atoms with E-state index in [4.69, 9.17) is 19.8 Å². The van der Waals surface area contributed by atoms with Gasteiger partial charge in [0.1, 0.15) is 0 Å². The van der Waals surface area contributed by atoms with Crippen LogP contribution in [0.4, 0.5) is 0 Å². The molecule has 2 rings (SSSR count). The number of carbonyl (C=O) groups is 1. The number of carbonyl (C=O) groups excluding carboxylic acids is 1. The van der Waals surface area contributed by atoms with E-state index in [-0.39, 0.29) is 0 Å². The standard InChI is InChI=1S/C15H22BNO4/c1-14(2)15(3,4)21-16(20-14)12(17)10-7-6-8-11(9-10)13(18)19-5/h6-9,12H,17H2,1-5H3/t12-/m0/s1. The summed E-state index contributed by atoms with van der Waals surface area (Å²) in [5.74, 6) is -0.867. The van der Waals surface area contributed by atoms with E-state index < -0.39 is 30.2 Å². The van der Waals surface area contributed by atoms with Gasteiger partial charge in [-0.25, -0.2) is 4.79 Å². The van der Waals surface area contributed by atoms with E-state index in [1.54, 1.807) is 18.2 Å². The monoisotopic (exact) mass is 291 g/mol. The van der Waals surface area contributed by atoms with Crippen LogP contribution in [0.1, 0.15) is 49.6 Å². The molecule has 114 valence electrons. The van der Waals surface area contributed by atoms with Crippen LogP contribution in [0, 0.1) is 0 Å². The van der Waals surface area contributed by atoms with Gasteiger partial charge >= 0.3 is 13.1 Å². The zero-order valence-electron chi connectivity index (χ0n) is 13.2. The highest BCUT2D eigenvalue weighted by atomic mass is 16.7. The number of ether oxygens (including phenoxy) is 1. The normalized spacial score (nSPS) is 21.1. The third-order valence-corrected chi connectivity index (χ3v) is 4.26. The van der Waals surface area contributed by atoms with Gasteiger partial charge in [-0.15, -0.1) is 0 Å². The van der Waals surface area contributed by atoms with E-state index in [1.807, 2.05) is 33.8 Å². The molecule has 0 spiro atoms. The van der Waals surface area contributed by atoms with Crippen LogP contribution >= 0.6 is 0 Å². The van der Waals surface area contributed by atoms with Gasteiger partial charge in [0.15, 0.2) is 0 Å². The van der Waals surface area contributed by atoms with E-state index in [0.717, 1.165) is 5.56 Å². The molecule has 0 bridgehead atoms. The van der Waals surface area contributed by atoms with Crippen molar-refractivity contribution in [1.82, 2.24) is 0 Å². The maximum Gasteiger partial charge on any atom is 0.480 e. The summed E-state index contributed by atoms with van der Waals surface area (Å²) in [6.45, 7) is 7.91. The van der Waals surface area contributed by atoms with Gasteiger partial charge in [-0.2, -0.15) is 0 Å². The first-order valence-corrected chi connectivity index (χ1v) is 6.97. The minimum Gasteiger partial charge on any atom is -0.465 e. The lowest BCUT2D eigenvalue weighted by atomic mass is 9.74. The highest BCUT2D eigenvalue weighted by Gasteiger charge is 2.53. The summed E-state index contributed by atoms with van der Waals surface area (Å²) in [4.78, 5) is 11.6. The highest BCUT2D eigenvalue weighted by molar-refractivity contribution is 6.47. The zero-order valence-corrected chi connectivity index (χ0v) is 13.2. The van der Waals surface area contributed by atoms with E-state index in [2.05, 4.69) is 0 Å².